The van der Waals surface area contributed by atoms with Crippen molar-refractivity contribution >= 4 is 11.3 Å². The molecule has 0 amide bonds. The molecule has 0 spiro atoms. The molecule has 0 bridgehead atoms. The van der Waals surface area contributed by atoms with Crippen molar-refractivity contribution in [2.75, 3.05) is 6.61 Å². The molecule has 0 saturated carbocycles. The van der Waals surface area contributed by atoms with Crippen molar-refractivity contribution in [2.24, 2.45) is 0 Å². The van der Waals surface area contributed by atoms with Crippen molar-refractivity contribution < 1.29 is 9.84 Å². The van der Waals surface area contributed by atoms with E-state index in [1.165, 1.54) is 0 Å². The molecular weight excluding hydrogens is 184 g/mol. The van der Waals surface area contributed by atoms with Gasteiger partial charge in [-0.15, -0.1) is 11.3 Å². The largest absolute Gasteiger partial charge is 0.385 e. The summed E-state index contributed by atoms with van der Waals surface area (Å²) in [6, 6.07) is 3.86. The zero-order chi connectivity index (χ0) is 9.90. The van der Waals surface area contributed by atoms with Gasteiger partial charge in [-0.2, -0.15) is 0 Å². The third-order valence-electron chi connectivity index (χ3n) is 1.99. The predicted octanol–water partition coefficient (Wildman–Crippen LogP) is 2.60. The maximum atomic E-state index is 9.95. The highest BCUT2D eigenvalue weighted by molar-refractivity contribution is 7.10. The van der Waals surface area contributed by atoms with Gasteiger partial charge < -0.3 is 9.84 Å². The first-order valence-electron chi connectivity index (χ1n) is 4.43. The highest BCUT2D eigenvalue weighted by Gasteiger charge is 2.30. The van der Waals surface area contributed by atoms with Crippen molar-refractivity contribution in [2.45, 2.75) is 32.5 Å². The van der Waals surface area contributed by atoms with Crippen molar-refractivity contribution in [3.8, 4) is 0 Å². The zero-order valence-corrected chi connectivity index (χ0v) is 9.10. The first-order chi connectivity index (χ1) is 6.08. The Labute approximate surface area is 83.2 Å². The van der Waals surface area contributed by atoms with Crippen LogP contribution in [-0.4, -0.2) is 17.3 Å². The summed E-state index contributed by atoms with van der Waals surface area (Å²) < 4.78 is 5.47. The Morgan fingerprint density at radius 1 is 1.62 bits per heavy atom. The average molecular weight is 200 g/mol. The molecule has 13 heavy (non-hydrogen) atoms. The molecule has 1 atom stereocenters. The van der Waals surface area contributed by atoms with Gasteiger partial charge in [-0.25, -0.2) is 0 Å². The van der Waals surface area contributed by atoms with Crippen LogP contribution in [0.4, 0.5) is 0 Å². The Balaban J connectivity index is 2.71. The standard InChI is InChI=1S/C10H16O2S/c1-4-12-10(2,3)9(11)8-6-5-7-13-8/h5-7,9,11H,4H2,1-3H3. The van der Waals surface area contributed by atoms with E-state index in [0.717, 1.165) is 4.88 Å². The maximum Gasteiger partial charge on any atom is 0.116 e. The van der Waals surface area contributed by atoms with E-state index in [4.69, 9.17) is 4.74 Å². The number of hydrogen-bond acceptors (Lipinski definition) is 3. The van der Waals surface area contributed by atoms with Crippen molar-refractivity contribution in [1.82, 2.24) is 0 Å². The van der Waals surface area contributed by atoms with Gasteiger partial charge in [0.05, 0.1) is 5.60 Å². The Morgan fingerprint density at radius 3 is 2.77 bits per heavy atom. The van der Waals surface area contributed by atoms with Gasteiger partial charge in [-0.05, 0) is 32.2 Å². The van der Waals surface area contributed by atoms with Gasteiger partial charge in [0.25, 0.3) is 0 Å². The van der Waals surface area contributed by atoms with E-state index in [-0.39, 0.29) is 0 Å². The molecule has 0 saturated heterocycles. The molecule has 1 rings (SSSR count). The fraction of sp³-hybridized carbons (Fsp3) is 0.600. The molecule has 1 unspecified atom stereocenters. The number of aliphatic hydroxyl groups excluding tert-OH is 1. The lowest BCUT2D eigenvalue weighted by molar-refractivity contribution is -0.0970. The highest BCUT2D eigenvalue weighted by Crippen LogP contribution is 2.31. The van der Waals surface area contributed by atoms with E-state index in [1.54, 1.807) is 11.3 Å². The van der Waals surface area contributed by atoms with Crippen LogP contribution in [0.1, 0.15) is 31.8 Å². The lowest BCUT2D eigenvalue weighted by Crippen LogP contribution is -2.32. The normalized spacial score (nSPS) is 14.5. The minimum Gasteiger partial charge on any atom is -0.385 e. The SMILES string of the molecule is CCOC(C)(C)C(O)c1cccs1. The van der Waals surface area contributed by atoms with Gasteiger partial charge in [-0.1, -0.05) is 6.07 Å². The zero-order valence-electron chi connectivity index (χ0n) is 8.28. The van der Waals surface area contributed by atoms with E-state index in [0.29, 0.717) is 6.61 Å². The van der Waals surface area contributed by atoms with E-state index in [9.17, 15) is 5.11 Å². The summed E-state index contributed by atoms with van der Waals surface area (Å²) in [6.07, 6.45) is -0.535. The molecule has 0 aromatic carbocycles. The summed E-state index contributed by atoms with van der Waals surface area (Å²) in [6.45, 7) is 6.36. The second-order valence-electron chi connectivity index (χ2n) is 3.45. The van der Waals surface area contributed by atoms with Gasteiger partial charge >= 0.3 is 0 Å². The highest BCUT2D eigenvalue weighted by atomic mass is 32.1. The molecule has 1 heterocycles. The molecule has 0 aliphatic carbocycles. The molecule has 1 N–H and O–H groups in total. The summed E-state index contributed by atoms with van der Waals surface area (Å²) in [5.41, 5.74) is -0.500. The molecule has 1 aromatic heterocycles. The molecule has 0 aliphatic heterocycles. The van der Waals surface area contributed by atoms with Crippen molar-refractivity contribution in [3.05, 3.63) is 22.4 Å². The molecule has 2 nitrogen and oxygen atoms in total. The fourth-order valence-electron chi connectivity index (χ4n) is 1.24. The molecular formula is C10H16O2S. The summed E-state index contributed by atoms with van der Waals surface area (Å²) in [7, 11) is 0. The second-order valence-corrected chi connectivity index (χ2v) is 4.43. The third-order valence-corrected chi connectivity index (χ3v) is 2.91. The van der Waals surface area contributed by atoms with Crippen molar-refractivity contribution in [3.63, 3.8) is 0 Å². The number of ether oxygens (including phenoxy) is 1. The van der Waals surface area contributed by atoms with Gasteiger partial charge in [0.2, 0.25) is 0 Å². The Hall–Kier alpha value is -0.380. The summed E-state index contributed by atoms with van der Waals surface area (Å²) in [5, 5.41) is 11.9. The predicted molar refractivity (Wildman–Crippen MR) is 55.0 cm³/mol. The van der Waals surface area contributed by atoms with Gasteiger partial charge in [0.15, 0.2) is 0 Å². The first-order valence-corrected chi connectivity index (χ1v) is 5.31. The third kappa shape index (κ3) is 2.53. The maximum absolute atomic E-state index is 9.95. The van der Waals surface area contributed by atoms with Crippen LogP contribution in [0.3, 0.4) is 0 Å². The van der Waals surface area contributed by atoms with E-state index < -0.39 is 11.7 Å². The molecule has 74 valence electrons. The van der Waals surface area contributed by atoms with Gasteiger partial charge in [0, 0.05) is 11.5 Å². The minimum atomic E-state index is -0.535. The Bertz CT molecular complexity index is 241. The van der Waals surface area contributed by atoms with Gasteiger partial charge in [0.1, 0.15) is 6.10 Å². The number of hydrogen-bond donors (Lipinski definition) is 1. The topological polar surface area (TPSA) is 29.5 Å². The van der Waals surface area contributed by atoms with E-state index >= 15 is 0 Å². The van der Waals surface area contributed by atoms with E-state index in [2.05, 4.69) is 0 Å². The van der Waals surface area contributed by atoms with Crippen LogP contribution in [0.5, 0.6) is 0 Å². The van der Waals surface area contributed by atoms with E-state index in [1.807, 2.05) is 38.3 Å². The number of thiophene rings is 1. The first kappa shape index (κ1) is 10.7. The number of aliphatic hydroxyl groups is 1. The fourth-order valence-corrected chi connectivity index (χ4v) is 2.12. The van der Waals surface area contributed by atoms with Gasteiger partial charge in [-0.3, -0.25) is 0 Å². The number of rotatable bonds is 4. The smallest absolute Gasteiger partial charge is 0.116 e. The summed E-state index contributed by atoms with van der Waals surface area (Å²) in [4.78, 5) is 0.957. The monoisotopic (exact) mass is 200 g/mol. The minimum absolute atomic E-state index is 0.500. The Morgan fingerprint density at radius 2 is 2.31 bits per heavy atom. The van der Waals surface area contributed by atoms with Crippen LogP contribution in [0, 0.1) is 0 Å². The van der Waals surface area contributed by atoms with Crippen LogP contribution >= 0.6 is 11.3 Å². The lowest BCUT2D eigenvalue weighted by Gasteiger charge is -2.29. The summed E-state index contributed by atoms with van der Waals surface area (Å²) in [5.74, 6) is 0. The molecule has 3 heteroatoms. The lowest BCUT2D eigenvalue weighted by atomic mass is 10.0. The van der Waals surface area contributed by atoms with Crippen LogP contribution in [-0.2, 0) is 4.74 Å². The van der Waals surface area contributed by atoms with Crippen LogP contribution < -0.4 is 0 Å². The van der Waals surface area contributed by atoms with Crippen LogP contribution in [0.15, 0.2) is 17.5 Å². The van der Waals surface area contributed by atoms with Crippen molar-refractivity contribution in [1.29, 1.82) is 0 Å². The molecule has 0 aliphatic rings. The Kier molecular flexibility index (Phi) is 3.47. The van der Waals surface area contributed by atoms with Crippen LogP contribution in [0.2, 0.25) is 0 Å². The molecule has 0 radical (unpaired) electrons. The molecule has 1 aromatic rings. The average Bonchev–Trinajstić information content (AvgIpc) is 2.54. The summed E-state index contributed by atoms with van der Waals surface area (Å²) >= 11 is 1.55. The molecule has 0 fully saturated rings. The second kappa shape index (κ2) is 4.22. The van der Waals surface area contributed by atoms with Crippen LogP contribution in [0.25, 0.3) is 0 Å². The quantitative estimate of drug-likeness (QED) is 0.809.